The summed E-state index contributed by atoms with van der Waals surface area (Å²) in [5, 5.41) is 0. The molecule has 126 valence electrons. The number of rotatable bonds is 4. The maximum Gasteiger partial charge on any atom is 0.329 e. The molecule has 0 aliphatic carbocycles. The molecule has 0 radical (unpaired) electrons. The van der Waals surface area contributed by atoms with Crippen LogP contribution in [0.2, 0.25) is 0 Å². The van der Waals surface area contributed by atoms with Crippen LogP contribution in [0.5, 0.6) is 0 Å². The third-order valence-electron chi connectivity index (χ3n) is 3.59. The van der Waals surface area contributed by atoms with Crippen molar-refractivity contribution in [1.29, 1.82) is 0 Å². The first-order valence-corrected chi connectivity index (χ1v) is 8.28. The lowest BCUT2D eigenvalue weighted by Crippen LogP contribution is -2.34. The molecular formula is C19H13FO4S. The van der Waals surface area contributed by atoms with E-state index in [4.69, 9.17) is 4.74 Å². The molecule has 6 heteroatoms. The Morgan fingerprint density at radius 1 is 1.20 bits per heavy atom. The Balaban J connectivity index is 1.77. The topological polar surface area (TPSA) is 60.4 Å². The molecule has 1 aromatic heterocycles. The van der Waals surface area contributed by atoms with Crippen LogP contribution in [0.4, 0.5) is 4.39 Å². The summed E-state index contributed by atoms with van der Waals surface area (Å²) in [5.74, 6) is -3.69. The van der Waals surface area contributed by atoms with E-state index >= 15 is 0 Å². The van der Waals surface area contributed by atoms with Crippen LogP contribution in [0.15, 0.2) is 54.3 Å². The Morgan fingerprint density at radius 3 is 2.68 bits per heavy atom. The number of thiophene rings is 1. The van der Waals surface area contributed by atoms with Crippen LogP contribution in [-0.4, -0.2) is 17.5 Å². The second kappa shape index (κ2) is 6.94. The summed E-state index contributed by atoms with van der Waals surface area (Å²) in [6.45, 7) is 1.47. The third kappa shape index (κ3) is 3.64. The lowest BCUT2D eigenvalue weighted by Gasteiger charge is -2.15. The summed E-state index contributed by atoms with van der Waals surface area (Å²) in [4.78, 5) is 37.1. The fourth-order valence-corrected chi connectivity index (χ4v) is 3.35. The van der Waals surface area contributed by atoms with E-state index in [-0.39, 0.29) is 11.6 Å². The van der Waals surface area contributed by atoms with Crippen LogP contribution < -0.4 is 0 Å². The standard InChI is InChI=1S/C19H13FO4S/c1-11-10-16(22)18(19(23)24-11)15(21)8-6-12-7-9-17(25-12)13-4-2-3-5-14(13)20/h2-10,18H,1H3. The summed E-state index contributed by atoms with van der Waals surface area (Å²) in [6.07, 6.45) is 3.82. The van der Waals surface area contributed by atoms with E-state index < -0.39 is 23.5 Å². The van der Waals surface area contributed by atoms with Gasteiger partial charge in [-0.25, -0.2) is 4.39 Å². The lowest BCUT2D eigenvalue weighted by molar-refractivity contribution is -0.151. The van der Waals surface area contributed by atoms with Crippen molar-refractivity contribution >= 4 is 34.9 Å². The van der Waals surface area contributed by atoms with Crippen LogP contribution in [0, 0.1) is 11.7 Å². The fraction of sp³-hybridized carbons (Fsp3) is 0.105. The minimum atomic E-state index is -1.45. The first-order chi connectivity index (χ1) is 12.0. The average molecular weight is 356 g/mol. The van der Waals surface area contributed by atoms with Crippen LogP contribution in [0.25, 0.3) is 16.5 Å². The van der Waals surface area contributed by atoms with E-state index in [0.29, 0.717) is 10.4 Å². The summed E-state index contributed by atoms with van der Waals surface area (Å²) in [6, 6.07) is 9.89. The number of ketones is 2. The Hall–Kier alpha value is -2.86. The number of hydrogen-bond acceptors (Lipinski definition) is 5. The molecule has 25 heavy (non-hydrogen) atoms. The number of carbonyl (C=O) groups is 3. The molecule has 1 unspecified atom stereocenters. The van der Waals surface area contributed by atoms with Crippen molar-refractivity contribution in [2.45, 2.75) is 6.92 Å². The van der Waals surface area contributed by atoms with Crippen molar-refractivity contribution in [1.82, 2.24) is 0 Å². The predicted octanol–water partition coefficient (Wildman–Crippen LogP) is 3.78. The highest BCUT2D eigenvalue weighted by Gasteiger charge is 2.36. The van der Waals surface area contributed by atoms with Gasteiger partial charge in [0.1, 0.15) is 11.6 Å². The van der Waals surface area contributed by atoms with Crippen LogP contribution in [0.1, 0.15) is 11.8 Å². The van der Waals surface area contributed by atoms with Gasteiger partial charge in [-0.3, -0.25) is 14.4 Å². The highest BCUT2D eigenvalue weighted by Crippen LogP contribution is 2.30. The Kier molecular flexibility index (Phi) is 4.72. The van der Waals surface area contributed by atoms with Crippen molar-refractivity contribution in [3.05, 3.63) is 65.0 Å². The molecule has 0 fully saturated rings. The SMILES string of the molecule is CC1=CC(=O)C(C(=O)C=Cc2ccc(-c3ccccc3F)s2)C(=O)O1. The van der Waals surface area contributed by atoms with Gasteiger partial charge in [-0.05, 0) is 37.3 Å². The minimum Gasteiger partial charge on any atom is -0.430 e. The molecule has 0 spiro atoms. The van der Waals surface area contributed by atoms with Gasteiger partial charge in [0.25, 0.3) is 0 Å². The summed E-state index contributed by atoms with van der Waals surface area (Å²) in [7, 11) is 0. The normalized spacial score (nSPS) is 17.5. The van der Waals surface area contributed by atoms with E-state index in [2.05, 4.69) is 0 Å². The fourth-order valence-electron chi connectivity index (χ4n) is 2.41. The second-order valence-electron chi connectivity index (χ2n) is 5.43. The third-order valence-corrected chi connectivity index (χ3v) is 4.67. The number of cyclic esters (lactones) is 1. The van der Waals surface area contributed by atoms with Gasteiger partial charge < -0.3 is 4.74 Å². The number of hydrogen-bond donors (Lipinski definition) is 0. The highest BCUT2D eigenvalue weighted by atomic mass is 32.1. The number of allylic oxidation sites excluding steroid dienone is 3. The molecule has 1 atom stereocenters. The first-order valence-electron chi connectivity index (χ1n) is 7.46. The summed E-state index contributed by atoms with van der Waals surface area (Å²) >= 11 is 1.30. The van der Waals surface area contributed by atoms with Gasteiger partial charge in [0, 0.05) is 21.4 Å². The minimum absolute atomic E-state index is 0.177. The van der Waals surface area contributed by atoms with Gasteiger partial charge >= 0.3 is 5.97 Å². The second-order valence-corrected chi connectivity index (χ2v) is 6.54. The number of esters is 1. The Bertz CT molecular complexity index is 923. The number of ether oxygens (including phenoxy) is 1. The van der Waals surface area contributed by atoms with E-state index in [1.54, 1.807) is 30.3 Å². The van der Waals surface area contributed by atoms with Crippen molar-refractivity contribution in [3.63, 3.8) is 0 Å². The molecule has 2 heterocycles. The Labute approximate surface area is 147 Å². The molecular weight excluding hydrogens is 343 g/mol. The van der Waals surface area contributed by atoms with E-state index in [1.807, 2.05) is 0 Å². The monoisotopic (exact) mass is 356 g/mol. The molecule has 0 saturated carbocycles. The van der Waals surface area contributed by atoms with Crippen molar-refractivity contribution in [3.8, 4) is 10.4 Å². The van der Waals surface area contributed by atoms with Gasteiger partial charge in [0.05, 0.1) is 0 Å². The molecule has 1 aliphatic heterocycles. The van der Waals surface area contributed by atoms with Crippen LogP contribution in [-0.2, 0) is 19.1 Å². The maximum atomic E-state index is 13.8. The van der Waals surface area contributed by atoms with Gasteiger partial charge in [-0.1, -0.05) is 18.2 Å². The molecule has 1 aliphatic rings. The van der Waals surface area contributed by atoms with Crippen LogP contribution >= 0.6 is 11.3 Å². The zero-order valence-corrected chi connectivity index (χ0v) is 14.0. The zero-order valence-electron chi connectivity index (χ0n) is 13.2. The van der Waals surface area contributed by atoms with Gasteiger partial charge in [0.2, 0.25) is 0 Å². The summed E-state index contributed by atoms with van der Waals surface area (Å²) in [5.41, 5.74) is 0.477. The quantitative estimate of drug-likeness (QED) is 0.475. The lowest BCUT2D eigenvalue weighted by atomic mass is 9.96. The first kappa shape index (κ1) is 17.0. The molecule has 1 aromatic carbocycles. The summed E-state index contributed by atoms with van der Waals surface area (Å²) < 4.78 is 18.6. The van der Waals surface area contributed by atoms with Crippen molar-refractivity contribution in [2.75, 3.05) is 0 Å². The van der Waals surface area contributed by atoms with Gasteiger partial charge in [0.15, 0.2) is 17.5 Å². The van der Waals surface area contributed by atoms with Crippen molar-refractivity contribution < 1.29 is 23.5 Å². The molecule has 0 saturated heterocycles. The smallest absolute Gasteiger partial charge is 0.329 e. The zero-order chi connectivity index (χ0) is 18.0. The van der Waals surface area contributed by atoms with E-state index in [0.717, 1.165) is 11.0 Å². The molecule has 0 amide bonds. The number of benzene rings is 1. The highest BCUT2D eigenvalue weighted by molar-refractivity contribution is 7.16. The molecule has 3 rings (SSSR count). The Morgan fingerprint density at radius 2 is 1.96 bits per heavy atom. The molecule has 4 nitrogen and oxygen atoms in total. The number of carbonyl (C=O) groups excluding carboxylic acids is 3. The maximum absolute atomic E-state index is 13.8. The van der Waals surface area contributed by atoms with E-state index in [9.17, 15) is 18.8 Å². The largest absolute Gasteiger partial charge is 0.430 e. The van der Waals surface area contributed by atoms with Gasteiger partial charge in [-0.15, -0.1) is 11.3 Å². The predicted molar refractivity (Wildman–Crippen MR) is 92.1 cm³/mol. The van der Waals surface area contributed by atoms with Crippen molar-refractivity contribution in [2.24, 2.45) is 5.92 Å². The van der Waals surface area contributed by atoms with Crippen LogP contribution in [0.3, 0.4) is 0 Å². The molecule has 0 N–H and O–H groups in total. The van der Waals surface area contributed by atoms with E-state index in [1.165, 1.54) is 36.5 Å². The number of halogens is 1. The average Bonchev–Trinajstić information content (AvgIpc) is 3.01. The van der Waals surface area contributed by atoms with Gasteiger partial charge in [-0.2, -0.15) is 0 Å². The molecule has 2 aromatic rings. The molecule has 0 bridgehead atoms.